The van der Waals surface area contributed by atoms with Crippen molar-refractivity contribution in [1.29, 1.82) is 0 Å². The van der Waals surface area contributed by atoms with Gasteiger partial charge >= 0.3 is 0 Å². The molecule has 4 nitrogen and oxygen atoms in total. The third-order valence-electron chi connectivity index (χ3n) is 6.23. The Kier molecular flexibility index (Phi) is 7.62. The summed E-state index contributed by atoms with van der Waals surface area (Å²) in [5.41, 5.74) is 4.78. The quantitative estimate of drug-likeness (QED) is 0.211. The first-order valence-corrected chi connectivity index (χ1v) is 13.8. The highest BCUT2D eigenvalue weighted by atomic mass is 35.5. The molecule has 0 bridgehead atoms. The van der Waals surface area contributed by atoms with Gasteiger partial charge in [-0.05, 0) is 65.2 Å². The zero-order valence-corrected chi connectivity index (χ0v) is 23.4. The molecular formula is C28H20Cl4N2O2S. The molecule has 2 amide bonds. The van der Waals surface area contributed by atoms with Crippen molar-refractivity contribution in [2.45, 2.75) is 26.4 Å². The third kappa shape index (κ3) is 5.29. The number of amides is 2. The van der Waals surface area contributed by atoms with Gasteiger partial charge < -0.3 is 4.57 Å². The average Bonchev–Trinajstić information content (AvgIpc) is 3.34. The number of hydrogen-bond donors (Lipinski definition) is 0. The van der Waals surface area contributed by atoms with E-state index in [1.807, 2.05) is 30.5 Å². The molecule has 0 unspecified atom stereocenters. The van der Waals surface area contributed by atoms with Crippen molar-refractivity contribution >= 4 is 86.3 Å². The Labute approximate surface area is 238 Å². The molecule has 9 heteroatoms. The van der Waals surface area contributed by atoms with E-state index in [-0.39, 0.29) is 17.7 Å². The van der Waals surface area contributed by atoms with Crippen LogP contribution in [0.1, 0.15) is 29.2 Å². The predicted octanol–water partition coefficient (Wildman–Crippen LogP) is 9.10. The minimum Gasteiger partial charge on any atom is -0.342 e. The Balaban J connectivity index is 1.51. The average molecular weight is 590 g/mol. The minimum absolute atomic E-state index is 0.0804. The number of rotatable bonds is 6. The molecule has 5 rings (SSSR count). The molecule has 0 radical (unpaired) electrons. The molecule has 2 heterocycles. The van der Waals surface area contributed by atoms with Crippen LogP contribution in [0.2, 0.25) is 20.1 Å². The SMILES string of the molecule is CCc1cccc2c(/C=C3\SC(=O)N(Cc4ccc(Cl)cc4Cl)C3=O)cn(Cc3ccc(Cl)c(Cl)c3)c12. The molecule has 1 aromatic heterocycles. The lowest BCUT2D eigenvalue weighted by Crippen LogP contribution is -2.27. The van der Waals surface area contributed by atoms with Gasteiger partial charge in [-0.15, -0.1) is 0 Å². The minimum atomic E-state index is -0.349. The van der Waals surface area contributed by atoms with Crippen LogP contribution in [0.3, 0.4) is 0 Å². The zero-order valence-electron chi connectivity index (χ0n) is 19.6. The number of halogens is 4. The van der Waals surface area contributed by atoms with E-state index in [1.54, 1.807) is 30.3 Å². The number of fused-ring (bicyclic) bond motifs is 1. The van der Waals surface area contributed by atoms with Gasteiger partial charge in [-0.3, -0.25) is 14.5 Å². The van der Waals surface area contributed by atoms with E-state index >= 15 is 0 Å². The standard InChI is InChI=1S/C28H20Cl4N2O2S/c1-2-17-4-3-5-21-19(14-33(26(17)21)13-16-6-9-22(30)24(32)10-16)11-25-27(35)34(28(36)37-25)15-18-7-8-20(29)12-23(18)31/h3-12,14H,2,13,15H2,1H3/b25-11-. The molecule has 1 fully saturated rings. The maximum atomic E-state index is 13.2. The molecule has 0 atom stereocenters. The van der Waals surface area contributed by atoms with Gasteiger partial charge in [0.1, 0.15) is 0 Å². The van der Waals surface area contributed by atoms with Crippen molar-refractivity contribution in [2.75, 3.05) is 0 Å². The number of para-hydroxylation sites is 1. The number of aromatic nitrogens is 1. The van der Waals surface area contributed by atoms with E-state index in [0.717, 1.165) is 40.2 Å². The molecular weight excluding hydrogens is 570 g/mol. The second kappa shape index (κ2) is 10.8. The van der Waals surface area contributed by atoms with Crippen LogP contribution in [0.5, 0.6) is 0 Å². The van der Waals surface area contributed by atoms with Crippen molar-refractivity contribution in [2.24, 2.45) is 0 Å². The van der Waals surface area contributed by atoms with Crippen LogP contribution >= 0.6 is 58.2 Å². The maximum Gasteiger partial charge on any atom is 0.293 e. The number of carbonyl (C=O) groups excluding carboxylic acids is 2. The highest BCUT2D eigenvalue weighted by molar-refractivity contribution is 8.18. The Bertz CT molecular complexity index is 1590. The molecule has 1 saturated heterocycles. The topological polar surface area (TPSA) is 42.3 Å². The van der Waals surface area contributed by atoms with E-state index in [9.17, 15) is 9.59 Å². The number of carbonyl (C=O) groups is 2. The fraction of sp³-hybridized carbons (Fsp3) is 0.143. The lowest BCUT2D eigenvalue weighted by molar-refractivity contribution is -0.123. The van der Waals surface area contributed by atoms with Gasteiger partial charge in [-0.1, -0.05) is 83.7 Å². The summed E-state index contributed by atoms with van der Waals surface area (Å²) in [6.07, 6.45) is 4.65. The molecule has 4 aromatic rings. The van der Waals surface area contributed by atoms with Gasteiger partial charge in [-0.2, -0.15) is 0 Å². The summed E-state index contributed by atoms with van der Waals surface area (Å²) in [4.78, 5) is 27.6. The van der Waals surface area contributed by atoms with Crippen molar-refractivity contribution < 1.29 is 9.59 Å². The first-order chi connectivity index (χ1) is 17.7. The smallest absolute Gasteiger partial charge is 0.293 e. The van der Waals surface area contributed by atoms with Gasteiger partial charge in [0, 0.05) is 33.7 Å². The van der Waals surface area contributed by atoms with Crippen LogP contribution in [-0.2, 0) is 24.3 Å². The molecule has 0 spiro atoms. The van der Waals surface area contributed by atoms with Crippen LogP contribution < -0.4 is 0 Å². The van der Waals surface area contributed by atoms with Crippen molar-refractivity contribution in [1.82, 2.24) is 9.47 Å². The summed E-state index contributed by atoms with van der Waals surface area (Å²) in [7, 11) is 0. The summed E-state index contributed by atoms with van der Waals surface area (Å²) in [5.74, 6) is -0.349. The van der Waals surface area contributed by atoms with Crippen LogP contribution in [0.4, 0.5) is 4.79 Å². The van der Waals surface area contributed by atoms with E-state index in [2.05, 4.69) is 17.6 Å². The molecule has 3 aromatic carbocycles. The number of aryl methyl sites for hydroxylation is 1. The Morgan fingerprint density at radius 2 is 1.68 bits per heavy atom. The summed E-state index contributed by atoms with van der Waals surface area (Å²) in [6.45, 7) is 2.77. The van der Waals surface area contributed by atoms with Crippen molar-refractivity contribution in [3.63, 3.8) is 0 Å². The van der Waals surface area contributed by atoms with Gasteiger partial charge in [0.2, 0.25) is 0 Å². The summed E-state index contributed by atoms with van der Waals surface area (Å²) < 4.78 is 2.15. The van der Waals surface area contributed by atoms with Crippen LogP contribution in [0.25, 0.3) is 17.0 Å². The van der Waals surface area contributed by atoms with Crippen molar-refractivity contribution in [3.8, 4) is 0 Å². The zero-order chi connectivity index (χ0) is 26.3. The first kappa shape index (κ1) is 26.2. The Morgan fingerprint density at radius 3 is 2.41 bits per heavy atom. The van der Waals surface area contributed by atoms with E-state index in [0.29, 0.717) is 37.1 Å². The number of imide groups is 1. The number of hydrogen-bond acceptors (Lipinski definition) is 3. The molecule has 0 N–H and O–H groups in total. The van der Waals surface area contributed by atoms with Gasteiger partial charge in [0.25, 0.3) is 11.1 Å². The first-order valence-electron chi connectivity index (χ1n) is 11.5. The molecule has 188 valence electrons. The molecule has 37 heavy (non-hydrogen) atoms. The summed E-state index contributed by atoms with van der Waals surface area (Å²) >= 11 is 25.5. The highest BCUT2D eigenvalue weighted by Crippen LogP contribution is 2.37. The summed E-state index contributed by atoms with van der Waals surface area (Å²) in [5, 5.41) is 2.58. The largest absolute Gasteiger partial charge is 0.342 e. The predicted molar refractivity (Wildman–Crippen MR) is 155 cm³/mol. The Hall–Kier alpha value is -2.41. The second-order valence-electron chi connectivity index (χ2n) is 8.63. The third-order valence-corrected chi connectivity index (χ3v) is 8.47. The fourth-order valence-electron chi connectivity index (χ4n) is 4.42. The second-order valence-corrected chi connectivity index (χ2v) is 11.3. The van der Waals surface area contributed by atoms with Crippen LogP contribution in [0, 0.1) is 0 Å². The maximum absolute atomic E-state index is 13.2. The number of nitrogens with zero attached hydrogens (tertiary/aromatic N) is 2. The summed E-state index contributed by atoms with van der Waals surface area (Å²) in [6, 6.07) is 16.7. The highest BCUT2D eigenvalue weighted by Gasteiger charge is 2.35. The number of thioether (sulfide) groups is 1. The van der Waals surface area contributed by atoms with Gasteiger partial charge in [0.15, 0.2) is 0 Å². The fourth-order valence-corrected chi connectivity index (χ4v) is 6.04. The van der Waals surface area contributed by atoms with E-state index < -0.39 is 0 Å². The lowest BCUT2D eigenvalue weighted by Gasteiger charge is -2.13. The van der Waals surface area contributed by atoms with E-state index in [1.165, 1.54) is 10.5 Å². The Morgan fingerprint density at radius 1 is 0.865 bits per heavy atom. The molecule has 1 aliphatic heterocycles. The molecule has 0 saturated carbocycles. The van der Waals surface area contributed by atoms with E-state index in [4.69, 9.17) is 46.4 Å². The molecule has 0 aliphatic carbocycles. The normalized spacial score (nSPS) is 14.9. The van der Waals surface area contributed by atoms with Crippen LogP contribution in [-0.4, -0.2) is 20.6 Å². The van der Waals surface area contributed by atoms with Gasteiger partial charge in [-0.25, -0.2) is 0 Å². The lowest BCUT2D eigenvalue weighted by atomic mass is 10.1. The monoisotopic (exact) mass is 588 g/mol. The van der Waals surface area contributed by atoms with Gasteiger partial charge in [0.05, 0.1) is 27.0 Å². The molecule has 1 aliphatic rings. The van der Waals surface area contributed by atoms with Crippen molar-refractivity contribution in [3.05, 3.63) is 108 Å². The van der Waals surface area contributed by atoms with Crippen LogP contribution in [0.15, 0.2) is 65.7 Å². The number of benzene rings is 3.